The average molecular weight is 388 g/mol. The number of nitrogens with one attached hydrogen (secondary N) is 2. The molecule has 26 heavy (non-hydrogen) atoms. The number of benzene rings is 2. The predicted octanol–water partition coefficient (Wildman–Crippen LogP) is 3.43. The zero-order chi connectivity index (χ0) is 18.4. The van der Waals surface area contributed by atoms with Gasteiger partial charge in [0.2, 0.25) is 5.91 Å². The molecule has 0 aliphatic rings. The number of hydrogen-bond donors (Lipinski definition) is 2. The molecule has 0 aliphatic carbocycles. The first-order chi connectivity index (χ1) is 12.6. The van der Waals surface area contributed by atoms with Crippen molar-refractivity contribution >= 4 is 52.4 Å². The molecule has 0 spiro atoms. The van der Waals surface area contributed by atoms with Crippen LogP contribution < -0.4 is 10.9 Å². The van der Waals surface area contributed by atoms with Crippen molar-refractivity contribution in [1.82, 2.24) is 15.8 Å². The summed E-state index contributed by atoms with van der Waals surface area (Å²) in [4.78, 5) is 27.8. The van der Waals surface area contributed by atoms with Crippen LogP contribution in [-0.4, -0.2) is 22.6 Å². The molecule has 2 amide bonds. The normalized spacial score (nSPS) is 11.0. The van der Waals surface area contributed by atoms with Crippen molar-refractivity contribution in [2.24, 2.45) is 0 Å². The van der Waals surface area contributed by atoms with Crippen LogP contribution in [0.2, 0.25) is 5.02 Å². The Bertz CT molecular complexity index is 938. The summed E-state index contributed by atoms with van der Waals surface area (Å²) in [5.74, 6) is -0.789. The Morgan fingerprint density at radius 3 is 2.69 bits per heavy atom. The summed E-state index contributed by atoms with van der Waals surface area (Å²) in [6.45, 7) is 0. The summed E-state index contributed by atoms with van der Waals surface area (Å²) >= 11 is 7.14. The zero-order valence-electron chi connectivity index (χ0n) is 13.4. The van der Waals surface area contributed by atoms with Crippen molar-refractivity contribution < 1.29 is 14.0 Å². The highest BCUT2D eigenvalue weighted by molar-refractivity contribution is 7.99. The molecule has 0 fully saturated rings. The van der Waals surface area contributed by atoms with Gasteiger partial charge in [-0.2, -0.15) is 0 Å². The van der Waals surface area contributed by atoms with E-state index in [-0.39, 0.29) is 11.7 Å². The number of carbonyl (C=O) groups is 2. The predicted molar refractivity (Wildman–Crippen MR) is 102 cm³/mol. The molecule has 2 aromatic carbocycles. The quantitative estimate of drug-likeness (QED) is 0.398. The number of carbonyl (C=O) groups excluding carboxylic acids is 2. The Morgan fingerprint density at radius 1 is 1.12 bits per heavy atom. The van der Waals surface area contributed by atoms with Gasteiger partial charge in [0.05, 0.1) is 5.75 Å². The fraction of sp³-hybridized carbons (Fsp3) is 0.0556. The largest absolute Gasteiger partial charge is 0.431 e. The van der Waals surface area contributed by atoms with E-state index in [0.29, 0.717) is 21.4 Å². The highest BCUT2D eigenvalue weighted by atomic mass is 35.5. The monoisotopic (exact) mass is 387 g/mol. The van der Waals surface area contributed by atoms with Gasteiger partial charge in [0, 0.05) is 11.1 Å². The van der Waals surface area contributed by atoms with Crippen LogP contribution in [0.5, 0.6) is 0 Å². The minimum Gasteiger partial charge on any atom is -0.431 e. The number of para-hydroxylation sites is 2. The van der Waals surface area contributed by atoms with Gasteiger partial charge in [-0.3, -0.25) is 20.4 Å². The molecule has 8 heteroatoms. The zero-order valence-corrected chi connectivity index (χ0v) is 15.0. The minimum atomic E-state index is -0.467. The van der Waals surface area contributed by atoms with Gasteiger partial charge in [0.1, 0.15) is 5.52 Å². The van der Waals surface area contributed by atoms with Crippen molar-refractivity contribution in [3.63, 3.8) is 0 Å². The van der Waals surface area contributed by atoms with E-state index in [1.54, 1.807) is 30.3 Å². The van der Waals surface area contributed by atoms with E-state index >= 15 is 0 Å². The number of hydrazine groups is 1. The number of oxazole rings is 1. The summed E-state index contributed by atoms with van der Waals surface area (Å²) in [7, 11) is 0. The first-order valence-electron chi connectivity index (χ1n) is 7.61. The van der Waals surface area contributed by atoms with E-state index < -0.39 is 5.91 Å². The minimum absolute atomic E-state index is 0.0569. The molecule has 0 radical (unpaired) electrons. The Balaban J connectivity index is 1.45. The van der Waals surface area contributed by atoms with Crippen LogP contribution in [0.4, 0.5) is 0 Å². The van der Waals surface area contributed by atoms with Gasteiger partial charge in [0.25, 0.3) is 11.1 Å². The fourth-order valence-corrected chi connectivity index (χ4v) is 2.86. The molecular weight excluding hydrogens is 374 g/mol. The molecule has 2 N–H and O–H groups in total. The lowest BCUT2D eigenvalue weighted by Crippen LogP contribution is -2.41. The maximum atomic E-state index is 11.8. The van der Waals surface area contributed by atoms with Gasteiger partial charge < -0.3 is 4.42 Å². The molecule has 132 valence electrons. The second kappa shape index (κ2) is 8.55. The SMILES string of the molecule is O=C(/C=C/c1ccccc1Cl)NNC(=O)CSc1nc2ccccc2o1. The Kier molecular flexibility index (Phi) is 5.93. The van der Waals surface area contributed by atoms with Gasteiger partial charge in [-0.1, -0.05) is 53.7 Å². The molecule has 3 aromatic rings. The third kappa shape index (κ3) is 4.87. The van der Waals surface area contributed by atoms with Gasteiger partial charge in [-0.05, 0) is 29.8 Å². The Morgan fingerprint density at radius 2 is 1.88 bits per heavy atom. The lowest BCUT2D eigenvalue weighted by atomic mass is 10.2. The smallest absolute Gasteiger partial charge is 0.262 e. The highest BCUT2D eigenvalue weighted by Gasteiger charge is 2.09. The molecule has 6 nitrogen and oxygen atoms in total. The summed E-state index contributed by atoms with van der Waals surface area (Å²) < 4.78 is 5.50. The summed E-state index contributed by atoms with van der Waals surface area (Å²) in [5, 5.41) is 0.932. The number of halogens is 1. The van der Waals surface area contributed by atoms with Gasteiger partial charge in [-0.15, -0.1) is 0 Å². The Hall–Kier alpha value is -2.77. The van der Waals surface area contributed by atoms with E-state index in [2.05, 4.69) is 15.8 Å². The van der Waals surface area contributed by atoms with Crippen molar-refractivity contribution in [1.29, 1.82) is 0 Å². The summed E-state index contributed by atoms with van der Waals surface area (Å²) in [6.07, 6.45) is 2.85. The van der Waals surface area contributed by atoms with E-state index in [0.717, 1.165) is 17.3 Å². The lowest BCUT2D eigenvalue weighted by molar-refractivity contribution is -0.125. The molecular formula is C18H14ClN3O3S. The van der Waals surface area contributed by atoms with Crippen LogP contribution in [0.1, 0.15) is 5.56 Å². The number of nitrogens with zero attached hydrogens (tertiary/aromatic N) is 1. The van der Waals surface area contributed by atoms with Crippen LogP contribution in [0, 0.1) is 0 Å². The topological polar surface area (TPSA) is 84.2 Å². The highest BCUT2D eigenvalue weighted by Crippen LogP contribution is 2.22. The second-order valence-electron chi connectivity index (χ2n) is 5.13. The first-order valence-corrected chi connectivity index (χ1v) is 8.98. The van der Waals surface area contributed by atoms with Crippen molar-refractivity contribution in [2.75, 3.05) is 5.75 Å². The number of fused-ring (bicyclic) bond motifs is 1. The molecule has 0 atom stereocenters. The standard InChI is InChI=1S/C18H14ClN3O3S/c19-13-6-2-1-5-12(13)9-10-16(23)21-22-17(24)11-26-18-20-14-7-3-4-8-15(14)25-18/h1-10H,11H2,(H,21,23)(H,22,24)/b10-9+. The van der Waals surface area contributed by atoms with Crippen molar-refractivity contribution in [2.45, 2.75) is 5.22 Å². The second-order valence-corrected chi connectivity index (χ2v) is 6.46. The molecule has 1 heterocycles. The Labute approximate surface area is 158 Å². The summed E-state index contributed by atoms with van der Waals surface area (Å²) in [5.41, 5.74) is 6.73. The maximum absolute atomic E-state index is 11.8. The number of thioether (sulfide) groups is 1. The number of rotatable bonds is 5. The van der Waals surface area contributed by atoms with E-state index in [1.807, 2.05) is 24.3 Å². The fourth-order valence-electron chi connectivity index (χ4n) is 2.02. The molecule has 0 unspecified atom stereocenters. The molecule has 0 saturated heterocycles. The maximum Gasteiger partial charge on any atom is 0.262 e. The third-order valence-corrected chi connectivity index (χ3v) is 4.42. The van der Waals surface area contributed by atoms with Crippen LogP contribution in [0.15, 0.2) is 64.2 Å². The molecule has 0 aliphatic heterocycles. The molecule has 0 saturated carbocycles. The van der Waals surface area contributed by atoms with Crippen LogP contribution >= 0.6 is 23.4 Å². The van der Waals surface area contributed by atoms with Gasteiger partial charge in [-0.25, -0.2) is 4.98 Å². The lowest BCUT2D eigenvalue weighted by Gasteiger charge is -2.04. The number of hydrogen-bond acceptors (Lipinski definition) is 5. The summed E-state index contributed by atoms with van der Waals surface area (Å²) in [6, 6.07) is 14.5. The first kappa shape index (κ1) is 18.0. The van der Waals surface area contributed by atoms with Crippen LogP contribution in [0.3, 0.4) is 0 Å². The molecule has 0 bridgehead atoms. The van der Waals surface area contributed by atoms with Crippen LogP contribution in [0.25, 0.3) is 17.2 Å². The van der Waals surface area contributed by atoms with E-state index in [1.165, 1.54) is 6.08 Å². The van der Waals surface area contributed by atoms with Gasteiger partial charge >= 0.3 is 0 Å². The van der Waals surface area contributed by atoms with Gasteiger partial charge in [0.15, 0.2) is 5.58 Å². The molecule has 1 aromatic heterocycles. The average Bonchev–Trinajstić information content (AvgIpc) is 3.07. The van der Waals surface area contributed by atoms with E-state index in [4.69, 9.17) is 16.0 Å². The third-order valence-electron chi connectivity index (χ3n) is 3.25. The number of aromatic nitrogens is 1. The molecule has 3 rings (SSSR count). The van der Waals surface area contributed by atoms with Crippen molar-refractivity contribution in [3.05, 3.63) is 65.2 Å². The van der Waals surface area contributed by atoms with E-state index in [9.17, 15) is 9.59 Å². The van der Waals surface area contributed by atoms with Crippen LogP contribution in [-0.2, 0) is 9.59 Å². The number of amides is 2. The van der Waals surface area contributed by atoms with Crippen molar-refractivity contribution in [3.8, 4) is 0 Å².